The van der Waals surface area contributed by atoms with Crippen LogP contribution in [0.4, 0.5) is 0 Å². The number of rotatable bonds is 4. The molecular weight excluding hydrogens is 310 g/mol. The molecule has 1 amide bonds. The third-order valence-electron chi connectivity index (χ3n) is 3.87. The smallest absolute Gasteiger partial charge is 0.262 e. The summed E-state index contributed by atoms with van der Waals surface area (Å²) in [4.78, 5) is 29.5. The number of nitrogens with zero attached hydrogens (tertiary/aromatic N) is 2. The predicted octanol–water partition coefficient (Wildman–Crippen LogP) is 2.34. The van der Waals surface area contributed by atoms with Crippen molar-refractivity contribution in [1.82, 2.24) is 14.9 Å². The van der Waals surface area contributed by atoms with Crippen LogP contribution in [0.3, 0.4) is 0 Å². The maximum Gasteiger partial charge on any atom is 0.262 e. The maximum atomic E-state index is 12.7. The highest BCUT2D eigenvalue weighted by molar-refractivity contribution is 8.00. The van der Waals surface area contributed by atoms with Crippen LogP contribution in [0.25, 0.3) is 10.9 Å². The normalized spacial score (nSPS) is 18.4. The lowest BCUT2D eigenvalue weighted by Gasteiger charge is -2.16. The fraction of sp³-hybridized carbons (Fsp3) is 0.353. The molecule has 1 aliphatic heterocycles. The highest BCUT2D eigenvalue weighted by Gasteiger charge is 2.24. The molecule has 0 radical (unpaired) electrons. The van der Waals surface area contributed by atoms with E-state index in [1.54, 1.807) is 16.7 Å². The monoisotopic (exact) mass is 329 g/mol. The van der Waals surface area contributed by atoms with Gasteiger partial charge in [0.05, 0.1) is 16.2 Å². The third-order valence-corrected chi connectivity index (χ3v) is 5.13. The van der Waals surface area contributed by atoms with Crippen molar-refractivity contribution in [2.45, 2.75) is 36.2 Å². The summed E-state index contributed by atoms with van der Waals surface area (Å²) in [6, 6.07) is 7.29. The first kappa shape index (κ1) is 15.8. The van der Waals surface area contributed by atoms with Gasteiger partial charge in [-0.15, -0.1) is 6.58 Å². The van der Waals surface area contributed by atoms with E-state index in [1.165, 1.54) is 11.8 Å². The molecule has 0 unspecified atom stereocenters. The van der Waals surface area contributed by atoms with Crippen molar-refractivity contribution in [3.63, 3.8) is 0 Å². The first-order valence-electron chi connectivity index (χ1n) is 7.75. The summed E-state index contributed by atoms with van der Waals surface area (Å²) in [5.74, 6) is 0.0278. The molecule has 6 heteroatoms. The van der Waals surface area contributed by atoms with Gasteiger partial charge in [0, 0.05) is 13.1 Å². The highest BCUT2D eigenvalue weighted by atomic mass is 32.2. The van der Waals surface area contributed by atoms with Crippen LogP contribution in [0.15, 0.2) is 46.9 Å². The topological polar surface area (TPSA) is 64.0 Å². The molecule has 23 heavy (non-hydrogen) atoms. The van der Waals surface area contributed by atoms with Crippen LogP contribution < -0.4 is 10.9 Å². The number of aromatic nitrogens is 2. The molecule has 0 saturated carbocycles. The molecule has 1 saturated heterocycles. The zero-order chi connectivity index (χ0) is 16.2. The average Bonchev–Trinajstić information content (AvgIpc) is 2.76. The van der Waals surface area contributed by atoms with E-state index in [2.05, 4.69) is 16.9 Å². The molecule has 1 N–H and O–H groups in total. The fourth-order valence-electron chi connectivity index (χ4n) is 2.68. The van der Waals surface area contributed by atoms with Gasteiger partial charge in [0.2, 0.25) is 5.91 Å². The minimum Gasteiger partial charge on any atom is -0.355 e. The molecule has 2 heterocycles. The molecule has 1 atom stereocenters. The van der Waals surface area contributed by atoms with Gasteiger partial charge in [-0.1, -0.05) is 36.4 Å². The molecule has 2 aromatic rings. The highest BCUT2D eigenvalue weighted by Crippen LogP contribution is 2.27. The Labute approximate surface area is 138 Å². The summed E-state index contributed by atoms with van der Waals surface area (Å²) < 4.78 is 1.60. The number of carbonyl (C=O) groups is 1. The quantitative estimate of drug-likeness (QED) is 0.691. The number of thioether (sulfide) groups is 1. The lowest BCUT2D eigenvalue weighted by Crippen LogP contribution is -2.32. The summed E-state index contributed by atoms with van der Waals surface area (Å²) in [5.41, 5.74) is 0.571. The van der Waals surface area contributed by atoms with Crippen molar-refractivity contribution in [2.75, 3.05) is 6.54 Å². The Bertz CT molecular complexity index is 800. The van der Waals surface area contributed by atoms with Gasteiger partial charge in [-0.3, -0.25) is 14.2 Å². The number of amides is 1. The van der Waals surface area contributed by atoms with Crippen LogP contribution >= 0.6 is 11.8 Å². The molecule has 0 bridgehead atoms. The van der Waals surface area contributed by atoms with Crippen LogP contribution in [-0.4, -0.2) is 27.3 Å². The molecule has 1 fully saturated rings. The first-order chi connectivity index (χ1) is 11.2. The zero-order valence-corrected chi connectivity index (χ0v) is 13.6. The minimum atomic E-state index is -0.207. The number of nitrogens with one attached hydrogen (secondary N) is 1. The Hall–Kier alpha value is -2.08. The predicted molar refractivity (Wildman–Crippen MR) is 92.7 cm³/mol. The van der Waals surface area contributed by atoms with E-state index in [0.29, 0.717) is 22.6 Å². The standard InChI is InChI=1S/C17H19N3O2S/c1-2-11-20-16(22)12-7-3-4-8-13(12)19-17(20)23-14-9-5-6-10-18-15(14)21/h2-4,7-8,14H,1,5-6,9-11H2,(H,18,21)/t14-/m0/s1. The molecule has 5 nitrogen and oxygen atoms in total. The van der Waals surface area contributed by atoms with Crippen molar-refractivity contribution in [3.05, 3.63) is 47.3 Å². The van der Waals surface area contributed by atoms with E-state index < -0.39 is 0 Å². The van der Waals surface area contributed by atoms with E-state index in [1.807, 2.05) is 18.2 Å². The molecule has 1 aliphatic rings. The van der Waals surface area contributed by atoms with Gasteiger partial charge in [-0.2, -0.15) is 0 Å². The molecule has 1 aromatic carbocycles. The Morgan fingerprint density at radius 2 is 2.17 bits per heavy atom. The molecule has 3 rings (SSSR count). The lowest BCUT2D eigenvalue weighted by molar-refractivity contribution is -0.120. The zero-order valence-electron chi connectivity index (χ0n) is 12.8. The Morgan fingerprint density at radius 1 is 1.35 bits per heavy atom. The summed E-state index contributed by atoms with van der Waals surface area (Å²) in [5, 5.41) is 3.88. The van der Waals surface area contributed by atoms with Crippen LogP contribution in [0.5, 0.6) is 0 Å². The van der Waals surface area contributed by atoms with Gasteiger partial charge in [-0.25, -0.2) is 4.98 Å². The van der Waals surface area contributed by atoms with Crippen molar-refractivity contribution in [3.8, 4) is 0 Å². The van der Waals surface area contributed by atoms with Crippen molar-refractivity contribution in [1.29, 1.82) is 0 Å². The minimum absolute atomic E-state index is 0.0278. The number of para-hydroxylation sites is 1. The Kier molecular flexibility index (Phi) is 4.81. The summed E-state index contributed by atoms with van der Waals surface area (Å²) >= 11 is 1.37. The van der Waals surface area contributed by atoms with Crippen LogP contribution in [0.1, 0.15) is 19.3 Å². The second kappa shape index (κ2) is 7.00. The summed E-state index contributed by atoms with van der Waals surface area (Å²) in [6.07, 6.45) is 4.46. The number of hydrogen-bond donors (Lipinski definition) is 1. The van der Waals surface area contributed by atoms with Gasteiger partial charge >= 0.3 is 0 Å². The Morgan fingerprint density at radius 3 is 3.00 bits per heavy atom. The van der Waals surface area contributed by atoms with E-state index in [9.17, 15) is 9.59 Å². The SMILES string of the molecule is C=CCn1c(S[C@H]2CCCCNC2=O)nc2ccccc2c1=O. The molecule has 0 spiro atoms. The molecule has 1 aromatic heterocycles. The van der Waals surface area contributed by atoms with Gasteiger partial charge in [-0.05, 0) is 25.0 Å². The third kappa shape index (κ3) is 3.32. The lowest BCUT2D eigenvalue weighted by atomic mass is 10.2. The van der Waals surface area contributed by atoms with E-state index in [4.69, 9.17) is 0 Å². The van der Waals surface area contributed by atoms with E-state index >= 15 is 0 Å². The van der Waals surface area contributed by atoms with Crippen LogP contribution in [-0.2, 0) is 11.3 Å². The van der Waals surface area contributed by atoms with E-state index in [0.717, 1.165) is 25.8 Å². The first-order valence-corrected chi connectivity index (χ1v) is 8.63. The summed E-state index contributed by atoms with van der Waals surface area (Å²) in [7, 11) is 0. The average molecular weight is 329 g/mol. The fourth-order valence-corrected chi connectivity index (χ4v) is 3.84. The Balaban J connectivity index is 2.04. The number of benzene rings is 1. The maximum absolute atomic E-state index is 12.7. The van der Waals surface area contributed by atoms with Crippen molar-refractivity contribution >= 4 is 28.6 Å². The summed E-state index contributed by atoms with van der Waals surface area (Å²) in [6.45, 7) is 4.82. The van der Waals surface area contributed by atoms with Crippen LogP contribution in [0, 0.1) is 0 Å². The second-order valence-corrected chi connectivity index (χ2v) is 6.68. The van der Waals surface area contributed by atoms with Crippen molar-refractivity contribution in [2.24, 2.45) is 0 Å². The van der Waals surface area contributed by atoms with E-state index in [-0.39, 0.29) is 16.7 Å². The van der Waals surface area contributed by atoms with Gasteiger partial charge in [0.1, 0.15) is 0 Å². The van der Waals surface area contributed by atoms with Crippen molar-refractivity contribution < 1.29 is 4.79 Å². The molecular formula is C17H19N3O2S. The van der Waals surface area contributed by atoms with Gasteiger partial charge < -0.3 is 5.32 Å². The number of allylic oxidation sites excluding steroid dienone is 1. The number of carbonyl (C=O) groups excluding carboxylic acids is 1. The number of fused-ring (bicyclic) bond motifs is 1. The van der Waals surface area contributed by atoms with Crippen LogP contribution in [0.2, 0.25) is 0 Å². The molecule has 120 valence electrons. The number of hydrogen-bond acceptors (Lipinski definition) is 4. The van der Waals surface area contributed by atoms with Gasteiger partial charge in [0.15, 0.2) is 5.16 Å². The second-order valence-electron chi connectivity index (χ2n) is 5.51. The van der Waals surface area contributed by atoms with Gasteiger partial charge in [0.25, 0.3) is 5.56 Å². The largest absolute Gasteiger partial charge is 0.355 e. The molecule has 0 aliphatic carbocycles.